The molecule has 0 N–H and O–H groups in total. The maximum absolute atomic E-state index is 14.6. The molecule has 10 nitrogen and oxygen atoms in total. The summed E-state index contributed by atoms with van der Waals surface area (Å²) in [6.07, 6.45) is 11.6. The maximum atomic E-state index is 14.6. The highest BCUT2D eigenvalue weighted by Crippen LogP contribution is 2.50. The predicted molar refractivity (Wildman–Crippen MR) is 175 cm³/mol. The molecule has 2 atom stereocenters. The van der Waals surface area contributed by atoms with Crippen molar-refractivity contribution in [2.75, 3.05) is 50.8 Å². The normalized spacial score (nSPS) is 29.2. The van der Waals surface area contributed by atoms with Gasteiger partial charge in [0.05, 0.1) is 12.2 Å². The summed E-state index contributed by atoms with van der Waals surface area (Å²) in [6.45, 7) is 12.2. The summed E-state index contributed by atoms with van der Waals surface area (Å²) in [5.41, 5.74) is 2.76. The van der Waals surface area contributed by atoms with Crippen LogP contribution in [0.15, 0.2) is 36.8 Å². The van der Waals surface area contributed by atoms with Crippen molar-refractivity contribution in [3.63, 3.8) is 0 Å². The molecule has 1 unspecified atom stereocenters. The second-order valence-corrected chi connectivity index (χ2v) is 15.6. The number of likely N-dealkylation sites (tertiary alicyclic amines) is 2. The Morgan fingerprint density at radius 2 is 1.83 bits per heavy atom. The second-order valence-electron chi connectivity index (χ2n) is 15.6. The van der Waals surface area contributed by atoms with E-state index in [1.165, 1.54) is 50.7 Å². The van der Waals surface area contributed by atoms with Gasteiger partial charge < -0.3 is 14.4 Å². The first-order valence-electron chi connectivity index (χ1n) is 17.7. The van der Waals surface area contributed by atoms with Gasteiger partial charge in [0.2, 0.25) is 0 Å². The van der Waals surface area contributed by atoms with Gasteiger partial charge in [-0.3, -0.25) is 9.80 Å². The van der Waals surface area contributed by atoms with Crippen LogP contribution in [0, 0.1) is 23.1 Å². The molecule has 6 aliphatic rings. The summed E-state index contributed by atoms with van der Waals surface area (Å²) in [4.78, 5) is 12.5. The van der Waals surface area contributed by atoms with Gasteiger partial charge in [-0.05, 0) is 86.1 Å². The van der Waals surface area contributed by atoms with Crippen LogP contribution < -0.4 is 9.64 Å². The number of rotatable bonds is 9. The Hall–Kier alpha value is -3.28. The summed E-state index contributed by atoms with van der Waals surface area (Å²) >= 11 is 0. The zero-order chi connectivity index (χ0) is 31.8. The number of aromatic nitrogens is 5. The average molecular weight is 641 g/mol. The first-order chi connectivity index (χ1) is 22.9. The maximum Gasteiger partial charge on any atom is 0.282 e. The highest BCUT2D eigenvalue weighted by molar-refractivity contribution is 5.71. The number of hydrogen-bond donors (Lipinski definition) is 0. The number of ether oxygens (including phenoxy) is 2. The van der Waals surface area contributed by atoms with Gasteiger partial charge >= 0.3 is 0 Å². The highest BCUT2D eigenvalue weighted by atomic mass is 19.1. The quantitative estimate of drug-likeness (QED) is 0.306. The summed E-state index contributed by atoms with van der Waals surface area (Å²) in [7, 11) is 0. The van der Waals surface area contributed by atoms with Gasteiger partial charge in [-0.1, -0.05) is 13.8 Å². The summed E-state index contributed by atoms with van der Waals surface area (Å²) in [5.74, 6) is 2.99. The number of anilines is 1. The second kappa shape index (κ2) is 11.4. The van der Waals surface area contributed by atoms with E-state index in [2.05, 4.69) is 53.9 Å². The standard InChI is InChI=1S/C36H45FN8O2/c1-23(2)32(25-15-27(16-25)43-13-9-36(21-43)10-14-46-36)45-19-35(20-45)8-12-44(18-35)33-34(42-40-22-38-33)47-30-6-5-26(37)17-29(30)31-28(24-3-4-24)7-11-39-41-31/h5-7,11,17,22-25,27,32H,3-4,8-10,12-16,18-21H2,1-2H3/t25?,27?,32-,36?/m1/s1. The van der Waals surface area contributed by atoms with Crippen LogP contribution in [0.3, 0.4) is 0 Å². The monoisotopic (exact) mass is 640 g/mol. The number of hydrogen-bond acceptors (Lipinski definition) is 10. The molecule has 11 heteroatoms. The van der Waals surface area contributed by atoms with Crippen LogP contribution in [0.25, 0.3) is 11.3 Å². The molecular formula is C36H45FN8O2. The third-order valence-electron chi connectivity index (χ3n) is 12.1. The highest BCUT2D eigenvalue weighted by Gasteiger charge is 2.54. The molecule has 2 aliphatic carbocycles. The fourth-order valence-corrected chi connectivity index (χ4v) is 9.47. The lowest BCUT2D eigenvalue weighted by atomic mass is 9.68. The largest absolute Gasteiger partial charge is 0.434 e. The molecule has 6 heterocycles. The van der Waals surface area contributed by atoms with Crippen molar-refractivity contribution in [3.8, 4) is 22.9 Å². The molecule has 1 aromatic carbocycles. The van der Waals surface area contributed by atoms with Crippen molar-refractivity contribution in [1.29, 1.82) is 0 Å². The summed E-state index contributed by atoms with van der Waals surface area (Å²) in [5, 5.41) is 17.0. The van der Waals surface area contributed by atoms with Crippen LogP contribution in [-0.4, -0.2) is 98.7 Å². The molecule has 2 aromatic heterocycles. The van der Waals surface area contributed by atoms with E-state index in [0.717, 1.165) is 76.1 Å². The van der Waals surface area contributed by atoms with Crippen LogP contribution >= 0.6 is 0 Å². The van der Waals surface area contributed by atoms with Gasteiger partial charge in [0, 0.05) is 74.9 Å². The van der Waals surface area contributed by atoms with E-state index in [-0.39, 0.29) is 16.8 Å². The van der Waals surface area contributed by atoms with Crippen LogP contribution in [0.1, 0.15) is 70.3 Å². The summed E-state index contributed by atoms with van der Waals surface area (Å²) in [6, 6.07) is 7.88. The van der Waals surface area contributed by atoms with Gasteiger partial charge in [-0.25, -0.2) is 9.37 Å². The Morgan fingerprint density at radius 1 is 0.979 bits per heavy atom. The van der Waals surface area contributed by atoms with E-state index >= 15 is 0 Å². The third kappa shape index (κ3) is 5.38. The smallest absolute Gasteiger partial charge is 0.282 e. The minimum atomic E-state index is -0.349. The lowest BCUT2D eigenvalue weighted by Crippen LogP contribution is -2.65. The van der Waals surface area contributed by atoms with Gasteiger partial charge in [0.15, 0.2) is 5.82 Å². The SMILES string of the molecule is CC(C)[C@H](C1CC(N2CCC3(CCO3)C2)C1)N1CC2(CCN(c3ncnnc3Oc3ccc(F)cc3-c3nnccc3C3CC3)C2)C1. The fraction of sp³-hybridized carbons (Fsp3) is 0.639. The van der Waals surface area contributed by atoms with Crippen molar-refractivity contribution < 1.29 is 13.9 Å². The van der Waals surface area contributed by atoms with Gasteiger partial charge in [0.1, 0.15) is 23.6 Å². The van der Waals surface area contributed by atoms with E-state index in [1.807, 2.05) is 6.07 Å². The van der Waals surface area contributed by atoms with E-state index in [4.69, 9.17) is 9.47 Å². The predicted octanol–water partition coefficient (Wildman–Crippen LogP) is 5.32. The van der Waals surface area contributed by atoms with Crippen LogP contribution in [0.5, 0.6) is 11.6 Å². The molecule has 4 aliphatic heterocycles. The molecule has 0 bridgehead atoms. The van der Waals surface area contributed by atoms with Crippen LogP contribution in [0.4, 0.5) is 10.2 Å². The molecule has 2 saturated carbocycles. The van der Waals surface area contributed by atoms with Crippen LogP contribution in [0.2, 0.25) is 0 Å². The van der Waals surface area contributed by atoms with Crippen molar-refractivity contribution in [1.82, 2.24) is 35.2 Å². The van der Waals surface area contributed by atoms with Gasteiger partial charge in [-0.15, -0.1) is 10.2 Å². The molecule has 0 radical (unpaired) electrons. The minimum absolute atomic E-state index is 0.197. The molecule has 4 saturated heterocycles. The van der Waals surface area contributed by atoms with Crippen molar-refractivity contribution >= 4 is 5.82 Å². The molecule has 248 valence electrons. The van der Waals surface area contributed by atoms with Crippen LogP contribution in [-0.2, 0) is 4.74 Å². The lowest BCUT2D eigenvalue weighted by molar-refractivity contribution is -0.141. The third-order valence-corrected chi connectivity index (χ3v) is 12.1. The zero-order valence-electron chi connectivity index (χ0n) is 27.5. The lowest BCUT2D eigenvalue weighted by Gasteiger charge is -2.57. The first-order valence-corrected chi connectivity index (χ1v) is 17.7. The van der Waals surface area contributed by atoms with Crippen molar-refractivity contribution in [3.05, 3.63) is 48.2 Å². The van der Waals surface area contributed by atoms with E-state index in [9.17, 15) is 4.39 Å². The number of nitrogens with zero attached hydrogens (tertiary/aromatic N) is 8. The topological polar surface area (TPSA) is 92.6 Å². The minimum Gasteiger partial charge on any atom is -0.434 e. The molecular weight excluding hydrogens is 595 g/mol. The Morgan fingerprint density at radius 3 is 2.57 bits per heavy atom. The van der Waals surface area contributed by atoms with Gasteiger partial charge in [-0.2, -0.15) is 10.2 Å². The Labute approximate surface area is 276 Å². The number of halogens is 1. The Bertz CT molecular complexity index is 1630. The number of benzene rings is 1. The molecule has 0 amide bonds. The van der Waals surface area contributed by atoms with E-state index in [1.54, 1.807) is 12.3 Å². The first kappa shape index (κ1) is 29.8. The molecule has 3 aromatic rings. The van der Waals surface area contributed by atoms with Crippen molar-refractivity contribution in [2.24, 2.45) is 17.3 Å². The fourth-order valence-electron chi connectivity index (χ4n) is 9.47. The molecule has 47 heavy (non-hydrogen) atoms. The molecule has 9 rings (SSSR count). The van der Waals surface area contributed by atoms with E-state index < -0.39 is 0 Å². The molecule has 6 fully saturated rings. The van der Waals surface area contributed by atoms with E-state index in [0.29, 0.717) is 46.6 Å². The molecule has 2 spiro atoms. The zero-order valence-corrected chi connectivity index (χ0v) is 27.5. The van der Waals surface area contributed by atoms with Gasteiger partial charge in [0.25, 0.3) is 5.88 Å². The Balaban J connectivity index is 0.870. The van der Waals surface area contributed by atoms with Crippen molar-refractivity contribution in [2.45, 2.75) is 82.4 Å². The Kier molecular flexibility index (Phi) is 7.24. The average Bonchev–Trinajstić information content (AvgIpc) is 3.60. The summed E-state index contributed by atoms with van der Waals surface area (Å²) < 4.78 is 27.0.